The molecule has 3 heteroatoms. The van der Waals surface area contributed by atoms with Crippen molar-refractivity contribution in [2.75, 3.05) is 13.7 Å². The highest BCUT2D eigenvalue weighted by atomic mass is 35.5. The monoisotopic (exact) mass is 238 g/mol. The standard InChI is InChI=1S/C13H15ClO2/c1-16-8-10(15)6-9-7-12(9)11-4-2-3-5-13(11)14/h2-5,9,12H,6-8H2,1H3. The minimum absolute atomic E-state index is 0.182. The molecule has 16 heavy (non-hydrogen) atoms. The first-order valence-corrected chi connectivity index (χ1v) is 5.85. The smallest absolute Gasteiger partial charge is 0.158 e. The molecule has 0 spiro atoms. The van der Waals surface area contributed by atoms with E-state index in [1.54, 1.807) is 7.11 Å². The van der Waals surface area contributed by atoms with Crippen molar-refractivity contribution in [3.05, 3.63) is 34.9 Å². The van der Waals surface area contributed by atoms with Crippen molar-refractivity contribution in [1.29, 1.82) is 0 Å². The minimum atomic E-state index is 0.182. The first-order valence-electron chi connectivity index (χ1n) is 5.47. The number of methoxy groups -OCH3 is 1. The van der Waals surface area contributed by atoms with Gasteiger partial charge in [-0.1, -0.05) is 29.8 Å². The number of Topliss-reactive ketones (excluding diaryl/α,β-unsaturated/α-hetero) is 1. The van der Waals surface area contributed by atoms with Gasteiger partial charge in [0, 0.05) is 18.6 Å². The molecule has 1 aromatic rings. The maximum Gasteiger partial charge on any atom is 0.158 e. The van der Waals surface area contributed by atoms with Crippen LogP contribution in [-0.2, 0) is 9.53 Å². The van der Waals surface area contributed by atoms with Crippen LogP contribution >= 0.6 is 11.6 Å². The van der Waals surface area contributed by atoms with Gasteiger partial charge in [0.2, 0.25) is 0 Å². The number of halogens is 1. The van der Waals surface area contributed by atoms with Crippen molar-refractivity contribution in [1.82, 2.24) is 0 Å². The molecular formula is C13H15ClO2. The van der Waals surface area contributed by atoms with E-state index < -0.39 is 0 Å². The van der Waals surface area contributed by atoms with Crippen LogP contribution in [0.4, 0.5) is 0 Å². The van der Waals surface area contributed by atoms with E-state index in [1.165, 1.54) is 5.56 Å². The van der Waals surface area contributed by atoms with Crippen molar-refractivity contribution >= 4 is 17.4 Å². The molecule has 2 unspecified atom stereocenters. The SMILES string of the molecule is COCC(=O)CC1CC1c1ccccc1Cl. The van der Waals surface area contributed by atoms with E-state index >= 15 is 0 Å². The van der Waals surface area contributed by atoms with Crippen LogP contribution in [-0.4, -0.2) is 19.5 Å². The molecule has 0 N–H and O–H groups in total. The van der Waals surface area contributed by atoms with E-state index in [0.29, 0.717) is 18.3 Å². The van der Waals surface area contributed by atoms with E-state index in [2.05, 4.69) is 0 Å². The Morgan fingerprint density at radius 2 is 2.25 bits per heavy atom. The molecule has 0 saturated heterocycles. The van der Waals surface area contributed by atoms with Crippen LogP contribution in [0.15, 0.2) is 24.3 Å². The van der Waals surface area contributed by atoms with Crippen molar-refractivity contribution in [2.45, 2.75) is 18.8 Å². The Labute approximate surface area is 101 Å². The Balaban J connectivity index is 1.92. The van der Waals surface area contributed by atoms with Gasteiger partial charge in [0.25, 0.3) is 0 Å². The molecule has 2 rings (SSSR count). The molecule has 1 aromatic carbocycles. The van der Waals surface area contributed by atoms with Crippen LogP contribution < -0.4 is 0 Å². The number of hydrogen-bond acceptors (Lipinski definition) is 2. The van der Waals surface area contributed by atoms with E-state index in [-0.39, 0.29) is 12.4 Å². The third kappa shape index (κ3) is 2.63. The Morgan fingerprint density at radius 1 is 1.50 bits per heavy atom. The van der Waals surface area contributed by atoms with Gasteiger partial charge in [-0.25, -0.2) is 0 Å². The lowest BCUT2D eigenvalue weighted by molar-refractivity contribution is -0.123. The third-order valence-electron chi connectivity index (χ3n) is 3.02. The average Bonchev–Trinajstić information content (AvgIpc) is 2.98. The van der Waals surface area contributed by atoms with Crippen LogP contribution in [0.25, 0.3) is 0 Å². The fourth-order valence-corrected chi connectivity index (χ4v) is 2.42. The Morgan fingerprint density at radius 3 is 2.94 bits per heavy atom. The summed E-state index contributed by atoms with van der Waals surface area (Å²) < 4.78 is 4.82. The molecule has 0 heterocycles. The molecule has 0 radical (unpaired) electrons. The van der Waals surface area contributed by atoms with Gasteiger partial charge < -0.3 is 4.74 Å². The molecule has 1 fully saturated rings. The van der Waals surface area contributed by atoms with Gasteiger partial charge in [-0.3, -0.25) is 4.79 Å². The molecule has 0 aliphatic heterocycles. The second-order valence-electron chi connectivity index (χ2n) is 4.30. The number of ether oxygens (including phenoxy) is 1. The summed E-state index contributed by atoms with van der Waals surface area (Å²) in [4.78, 5) is 11.4. The number of ketones is 1. The van der Waals surface area contributed by atoms with Crippen molar-refractivity contribution in [3.8, 4) is 0 Å². The molecule has 0 bridgehead atoms. The van der Waals surface area contributed by atoms with E-state index in [4.69, 9.17) is 16.3 Å². The summed E-state index contributed by atoms with van der Waals surface area (Å²) in [6, 6.07) is 7.88. The van der Waals surface area contributed by atoms with Gasteiger partial charge in [0.1, 0.15) is 6.61 Å². The maximum atomic E-state index is 11.4. The first-order chi connectivity index (χ1) is 7.72. The van der Waals surface area contributed by atoms with Crippen LogP contribution in [0.5, 0.6) is 0 Å². The highest BCUT2D eigenvalue weighted by Gasteiger charge is 2.40. The van der Waals surface area contributed by atoms with Crippen molar-refractivity contribution < 1.29 is 9.53 Å². The summed E-state index contributed by atoms with van der Waals surface area (Å²) in [6.45, 7) is 0.228. The molecular weight excluding hydrogens is 224 g/mol. The molecule has 2 nitrogen and oxygen atoms in total. The van der Waals surface area contributed by atoms with Crippen LogP contribution in [0, 0.1) is 5.92 Å². The Kier molecular flexibility index (Phi) is 3.62. The summed E-state index contributed by atoms with van der Waals surface area (Å²) >= 11 is 6.11. The summed E-state index contributed by atoms with van der Waals surface area (Å²) in [5.74, 6) is 1.11. The second-order valence-corrected chi connectivity index (χ2v) is 4.71. The van der Waals surface area contributed by atoms with E-state index in [9.17, 15) is 4.79 Å². The van der Waals surface area contributed by atoms with Gasteiger partial charge in [0.15, 0.2) is 5.78 Å². The molecule has 0 aromatic heterocycles. The van der Waals surface area contributed by atoms with Gasteiger partial charge in [0.05, 0.1) is 0 Å². The zero-order chi connectivity index (χ0) is 11.5. The lowest BCUT2D eigenvalue weighted by Crippen LogP contribution is -2.07. The molecule has 86 valence electrons. The topological polar surface area (TPSA) is 26.3 Å². The number of rotatable bonds is 5. The maximum absolute atomic E-state index is 11.4. The fraction of sp³-hybridized carbons (Fsp3) is 0.462. The predicted octanol–water partition coefficient (Wildman–Crippen LogP) is 3.05. The fourth-order valence-electron chi connectivity index (χ4n) is 2.14. The van der Waals surface area contributed by atoms with Crippen LogP contribution in [0.2, 0.25) is 5.02 Å². The van der Waals surface area contributed by atoms with Crippen molar-refractivity contribution in [3.63, 3.8) is 0 Å². The van der Waals surface area contributed by atoms with Gasteiger partial charge in [-0.2, -0.15) is 0 Å². The van der Waals surface area contributed by atoms with Crippen LogP contribution in [0.3, 0.4) is 0 Å². The summed E-state index contributed by atoms with van der Waals surface area (Å²) in [5, 5.41) is 0.814. The zero-order valence-electron chi connectivity index (χ0n) is 9.28. The molecule has 1 saturated carbocycles. The summed E-state index contributed by atoms with van der Waals surface area (Å²) in [7, 11) is 1.55. The largest absolute Gasteiger partial charge is 0.377 e. The highest BCUT2D eigenvalue weighted by molar-refractivity contribution is 6.31. The highest BCUT2D eigenvalue weighted by Crippen LogP contribution is 2.51. The lowest BCUT2D eigenvalue weighted by Gasteiger charge is -2.02. The molecule has 1 aliphatic rings. The average molecular weight is 239 g/mol. The molecule has 0 amide bonds. The van der Waals surface area contributed by atoms with E-state index in [1.807, 2.05) is 24.3 Å². The molecule has 1 aliphatic carbocycles. The van der Waals surface area contributed by atoms with Crippen LogP contribution in [0.1, 0.15) is 24.3 Å². The minimum Gasteiger partial charge on any atom is -0.377 e. The quantitative estimate of drug-likeness (QED) is 0.788. The molecule has 2 atom stereocenters. The number of benzene rings is 1. The Bertz CT molecular complexity index is 389. The predicted molar refractivity (Wildman–Crippen MR) is 63.8 cm³/mol. The summed E-state index contributed by atoms with van der Waals surface area (Å²) in [6.07, 6.45) is 1.68. The van der Waals surface area contributed by atoms with Gasteiger partial charge in [-0.15, -0.1) is 0 Å². The normalized spacial score (nSPS) is 23.1. The second kappa shape index (κ2) is 4.98. The van der Waals surface area contributed by atoms with E-state index in [0.717, 1.165) is 11.4 Å². The Hall–Kier alpha value is -0.860. The van der Waals surface area contributed by atoms with Crippen molar-refractivity contribution in [2.24, 2.45) is 5.92 Å². The van der Waals surface area contributed by atoms with Gasteiger partial charge >= 0.3 is 0 Å². The zero-order valence-corrected chi connectivity index (χ0v) is 10.0. The summed E-state index contributed by atoms with van der Waals surface area (Å²) in [5.41, 5.74) is 1.18. The lowest BCUT2D eigenvalue weighted by atomic mass is 10.1. The third-order valence-corrected chi connectivity index (χ3v) is 3.37. The first kappa shape index (κ1) is 11.6. The number of carbonyl (C=O) groups excluding carboxylic acids is 1. The number of hydrogen-bond donors (Lipinski definition) is 0. The van der Waals surface area contributed by atoms with Gasteiger partial charge in [-0.05, 0) is 29.9 Å². The number of carbonyl (C=O) groups is 1.